The monoisotopic (exact) mass is 328 g/mol. The summed E-state index contributed by atoms with van der Waals surface area (Å²) in [5.41, 5.74) is 0.205. The number of aryl methyl sites for hydroxylation is 1. The van der Waals surface area contributed by atoms with E-state index < -0.39 is 16.7 Å². The summed E-state index contributed by atoms with van der Waals surface area (Å²) < 4.78 is 27.8. The molecule has 1 heterocycles. The molecule has 0 bridgehead atoms. The van der Waals surface area contributed by atoms with E-state index in [0.717, 1.165) is 19.2 Å². The summed E-state index contributed by atoms with van der Waals surface area (Å²) in [5.74, 6) is -1.60. The number of nitrogens with zero attached hydrogens (tertiary/aromatic N) is 3. The van der Waals surface area contributed by atoms with Crippen molar-refractivity contribution in [2.45, 2.75) is 11.8 Å². The average molecular weight is 328 g/mol. The fourth-order valence-electron chi connectivity index (χ4n) is 1.75. The largest absolute Gasteiger partial charge is 0.369 e. The standard InChI is InChI=1S/C13H12F2N3O3S/c1-7-12(18(20)21-3)11(16-17(7)2)13(19)22-10-5-4-8(14)6-9(10)15/h4-6H,1-3H3/q+1. The van der Waals surface area contributed by atoms with Crippen molar-refractivity contribution < 1.29 is 23.3 Å². The quantitative estimate of drug-likeness (QED) is 0.638. The number of hydrogen-bond donors (Lipinski definition) is 0. The van der Waals surface area contributed by atoms with E-state index in [2.05, 4.69) is 9.94 Å². The highest BCUT2D eigenvalue weighted by Crippen LogP contribution is 2.31. The molecule has 0 radical (unpaired) electrons. The summed E-state index contributed by atoms with van der Waals surface area (Å²) in [6, 6.07) is 2.86. The molecule has 0 fully saturated rings. The maximum atomic E-state index is 13.6. The minimum absolute atomic E-state index is 0.0509. The molecule has 0 N–H and O–H groups in total. The Labute approximate surface area is 128 Å². The van der Waals surface area contributed by atoms with Crippen molar-refractivity contribution in [1.82, 2.24) is 9.78 Å². The number of halogens is 2. The molecule has 2 aromatic rings. The Bertz CT molecular complexity index is 761. The topological polar surface area (TPSA) is 64.2 Å². The Morgan fingerprint density at radius 1 is 1.41 bits per heavy atom. The highest BCUT2D eigenvalue weighted by atomic mass is 32.2. The van der Waals surface area contributed by atoms with E-state index in [-0.39, 0.29) is 21.2 Å². The van der Waals surface area contributed by atoms with Gasteiger partial charge in [0.25, 0.3) is 10.0 Å². The van der Waals surface area contributed by atoms with Crippen molar-refractivity contribution >= 4 is 22.6 Å². The van der Waals surface area contributed by atoms with Gasteiger partial charge in [-0.15, -0.1) is 0 Å². The van der Waals surface area contributed by atoms with Gasteiger partial charge in [0, 0.05) is 13.1 Å². The molecule has 0 atom stereocenters. The van der Waals surface area contributed by atoms with Gasteiger partial charge in [0.05, 0.1) is 9.80 Å². The van der Waals surface area contributed by atoms with Gasteiger partial charge in [-0.1, -0.05) is 0 Å². The number of hydrogen-bond acceptors (Lipinski definition) is 5. The van der Waals surface area contributed by atoms with Crippen LogP contribution in [0.3, 0.4) is 0 Å². The van der Waals surface area contributed by atoms with Crippen LogP contribution in [-0.4, -0.2) is 26.9 Å². The zero-order valence-electron chi connectivity index (χ0n) is 12.0. The molecule has 0 saturated carbocycles. The van der Waals surface area contributed by atoms with Crippen LogP contribution in [-0.2, 0) is 11.9 Å². The molecule has 0 spiro atoms. The van der Waals surface area contributed by atoms with Crippen LogP contribution in [0.1, 0.15) is 16.2 Å². The van der Waals surface area contributed by atoms with Crippen molar-refractivity contribution in [3.8, 4) is 0 Å². The molecule has 0 aliphatic rings. The molecular weight excluding hydrogens is 316 g/mol. The van der Waals surface area contributed by atoms with Gasteiger partial charge in [0.2, 0.25) is 5.69 Å². The van der Waals surface area contributed by atoms with Crippen LogP contribution >= 0.6 is 11.8 Å². The van der Waals surface area contributed by atoms with Crippen LogP contribution in [0.2, 0.25) is 0 Å². The van der Waals surface area contributed by atoms with E-state index in [0.29, 0.717) is 23.5 Å². The van der Waals surface area contributed by atoms with Gasteiger partial charge in [-0.2, -0.15) is 5.10 Å². The predicted molar refractivity (Wildman–Crippen MR) is 74.8 cm³/mol. The van der Waals surface area contributed by atoms with E-state index in [1.165, 1.54) is 4.68 Å². The van der Waals surface area contributed by atoms with Crippen LogP contribution in [0, 0.1) is 23.5 Å². The molecule has 116 valence electrons. The Kier molecular flexibility index (Phi) is 4.55. The zero-order chi connectivity index (χ0) is 16.4. The lowest BCUT2D eigenvalue weighted by molar-refractivity contribution is -0.737. The van der Waals surface area contributed by atoms with Crippen molar-refractivity contribution in [3.05, 3.63) is 46.1 Å². The molecule has 1 aromatic carbocycles. The first-order chi connectivity index (χ1) is 10.3. The molecule has 6 nitrogen and oxygen atoms in total. The number of carbonyl (C=O) groups is 1. The molecule has 22 heavy (non-hydrogen) atoms. The highest BCUT2D eigenvalue weighted by molar-refractivity contribution is 8.14. The van der Waals surface area contributed by atoms with Crippen molar-refractivity contribution in [2.75, 3.05) is 7.11 Å². The van der Waals surface area contributed by atoms with Crippen molar-refractivity contribution in [1.29, 1.82) is 0 Å². The molecule has 0 aliphatic carbocycles. The summed E-state index contributed by atoms with van der Waals surface area (Å²) in [4.78, 5) is 28.6. The second kappa shape index (κ2) is 6.22. The second-order valence-corrected chi connectivity index (χ2v) is 5.32. The first-order valence-corrected chi connectivity index (χ1v) is 6.89. The summed E-state index contributed by atoms with van der Waals surface area (Å²) in [7, 11) is 2.71. The SMILES string of the molecule is CO[N+](=O)c1c(C(=O)Sc2ccc(F)cc2F)nn(C)c1C. The molecule has 9 heteroatoms. The number of carbonyl (C=O) groups excluding carboxylic acids is 1. The smallest absolute Gasteiger partial charge is 0.279 e. The Morgan fingerprint density at radius 2 is 2.09 bits per heavy atom. The average Bonchev–Trinajstić information content (AvgIpc) is 2.77. The molecule has 0 amide bonds. The first-order valence-electron chi connectivity index (χ1n) is 6.07. The number of rotatable bonds is 4. The maximum Gasteiger partial charge on any atom is 0.369 e. The van der Waals surface area contributed by atoms with E-state index in [9.17, 15) is 18.5 Å². The normalized spacial score (nSPS) is 10.6. The predicted octanol–water partition coefficient (Wildman–Crippen LogP) is 2.91. The minimum Gasteiger partial charge on any atom is -0.279 e. The van der Waals surface area contributed by atoms with Gasteiger partial charge >= 0.3 is 5.69 Å². The van der Waals surface area contributed by atoms with Crippen LogP contribution in [0.4, 0.5) is 14.5 Å². The van der Waals surface area contributed by atoms with Gasteiger partial charge in [-0.25, -0.2) is 13.6 Å². The van der Waals surface area contributed by atoms with Gasteiger partial charge in [0.1, 0.15) is 17.3 Å². The zero-order valence-corrected chi connectivity index (χ0v) is 12.8. The third kappa shape index (κ3) is 2.98. The number of thioether (sulfide) groups is 1. The lowest BCUT2D eigenvalue weighted by atomic mass is 10.3. The maximum absolute atomic E-state index is 13.6. The third-order valence-corrected chi connectivity index (χ3v) is 3.87. The lowest BCUT2D eigenvalue weighted by Crippen LogP contribution is -2.05. The van der Waals surface area contributed by atoms with Gasteiger partial charge in [-0.05, 0) is 30.8 Å². The van der Waals surface area contributed by atoms with Gasteiger partial charge < -0.3 is 0 Å². The van der Waals surface area contributed by atoms with Crippen molar-refractivity contribution in [3.63, 3.8) is 0 Å². The summed E-state index contributed by atoms with van der Waals surface area (Å²) >= 11 is 0.519. The van der Waals surface area contributed by atoms with Gasteiger partial charge in [-0.3, -0.25) is 9.48 Å². The molecule has 0 aliphatic heterocycles. The van der Waals surface area contributed by atoms with Crippen LogP contribution < -0.4 is 0 Å². The fourth-order valence-corrected chi connectivity index (χ4v) is 2.48. The number of aromatic nitrogens is 2. The Morgan fingerprint density at radius 3 is 2.68 bits per heavy atom. The molecule has 2 rings (SSSR count). The summed E-state index contributed by atoms with van der Waals surface area (Å²) in [6.07, 6.45) is 0. The highest BCUT2D eigenvalue weighted by Gasteiger charge is 2.34. The van der Waals surface area contributed by atoms with E-state index in [1.807, 2.05) is 0 Å². The van der Waals surface area contributed by atoms with Crippen LogP contribution in [0.15, 0.2) is 23.1 Å². The third-order valence-electron chi connectivity index (χ3n) is 2.94. The second-order valence-electron chi connectivity index (χ2n) is 4.31. The molecule has 0 unspecified atom stereocenters. The van der Waals surface area contributed by atoms with Crippen molar-refractivity contribution in [2.24, 2.45) is 7.05 Å². The molecule has 1 aromatic heterocycles. The fraction of sp³-hybridized carbons (Fsp3) is 0.231. The van der Waals surface area contributed by atoms with E-state index in [1.54, 1.807) is 14.0 Å². The summed E-state index contributed by atoms with van der Waals surface area (Å²) in [5, 5.41) is 3.30. The summed E-state index contributed by atoms with van der Waals surface area (Å²) in [6.45, 7) is 1.59. The number of benzene rings is 1. The molecule has 0 saturated heterocycles. The van der Waals surface area contributed by atoms with Gasteiger partial charge in [0.15, 0.2) is 7.11 Å². The first kappa shape index (κ1) is 16.1. The van der Waals surface area contributed by atoms with E-state index >= 15 is 0 Å². The van der Waals surface area contributed by atoms with E-state index in [4.69, 9.17) is 0 Å². The van der Waals surface area contributed by atoms with Crippen LogP contribution in [0.5, 0.6) is 0 Å². The van der Waals surface area contributed by atoms with Crippen LogP contribution in [0.25, 0.3) is 0 Å². The minimum atomic E-state index is -0.863. The Balaban J connectivity index is 2.38. The lowest BCUT2D eigenvalue weighted by Gasteiger charge is -2.00. The Hall–Kier alpha value is -2.29. The molecular formula is C13H12F2N3O3S+.